The Morgan fingerprint density at radius 2 is 2.20 bits per heavy atom. The molecule has 0 saturated heterocycles. The van der Waals surface area contributed by atoms with E-state index >= 15 is 0 Å². The van der Waals surface area contributed by atoms with E-state index in [9.17, 15) is 4.79 Å². The fourth-order valence-electron chi connectivity index (χ4n) is 0.863. The lowest BCUT2D eigenvalue weighted by Crippen LogP contribution is -2.24. The maximum Gasteiger partial charge on any atom is 0.436 e. The number of nitrogens with zero attached hydrogens (tertiary/aromatic N) is 1. The van der Waals surface area contributed by atoms with E-state index in [1.165, 1.54) is 11.3 Å². The topological polar surface area (TPSA) is 64.7 Å². The molecule has 1 rings (SSSR count). The van der Waals surface area contributed by atoms with Gasteiger partial charge in [-0.2, -0.15) is 4.99 Å². The lowest BCUT2D eigenvalue weighted by Gasteiger charge is -2.17. The maximum absolute atomic E-state index is 11.3. The average Bonchev–Trinajstić information content (AvgIpc) is 2.50. The third-order valence-corrected chi connectivity index (χ3v) is 2.27. The number of rotatable bonds is 1. The van der Waals surface area contributed by atoms with Gasteiger partial charge in [0.15, 0.2) is 0 Å². The Morgan fingerprint density at radius 1 is 1.53 bits per heavy atom. The van der Waals surface area contributed by atoms with Gasteiger partial charge in [-0.25, -0.2) is 4.79 Å². The molecule has 15 heavy (non-hydrogen) atoms. The monoisotopic (exact) mass is 226 g/mol. The second-order valence-corrected chi connectivity index (χ2v) is 4.90. The minimum absolute atomic E-state index is 0.194. The van der Waals surface area contributed by atoms with E-state index in [-0.39, 0.29) is 5.84 Å². The molecule has 4 nitrogen and oxygen atoms in total. The van der Waals surface area contributed by atoms with Gasteiger partial charge >= 0.3 is 6.09 Å². The van der Waals surface area contributed by atoms with E-state index in [1.54, 1.807) is 26.8 Å². The number of thiophene rings is 1. The van der Waals surface area contributed by atoms with E-state index < -0.39 is 11.7 Å². The van der Waals surface area contributed by atoms with Crippen molar-refractivity contribution in [1.82, 2.24) is 0 Å². The van der Waals surface area contributed by atoms with Crippen LogP contribution in [0.4, 0.5) is 4.79 Å². The van der Waals surface area contributed by atoms with Crippen molar-refractivity contribution < 1.29 is 9.53 Å². The van der Waals surface area contributed by atoms with Crippen molar-refractivity contribution in [2.24, 2.45) is 10.7 Å². The maximum atomic E-state index is 11.3. The number of amidine groups is 1. The number of amides is 1. The molecule has 0 aliphatic carbocycles. The molecule has 0 spiro atoms. The second kappa shape index (κ2) is 4.44. The fourth-order valence-corrected chi connectivity index (χ4v) is 1.49. The van der Waals surface area contributed by atoms with Gasteiger partial charge in [-0.05, 0) is 32.2 Å². The molecule has 1 aromatic heterocycles. The molecule has 1 amide bonds. The smallest absolute Gasteiger partial charge is 0.436 e. The molecule has 1 aromatic rings. The fraction of sp³-hybridized carbons (Fsp3) is 0.400. The van der Waals surface area contributed by atoms with E-state index in [0.717, 1.165) is 4.88 Å². The van der Waals surface area contributed by atoms with Crippen LogP contribution in [-0.4, -0.2) is 17.5 Å². The van der Waals surface area contributed by atoms with Gasteiger partial charge in [0.05, 0.1) is 4.88 Å². The van der Waals surface area contributed by atoms with Crippen LogP contribution >= 0.6 is 11.3 Å². The summed E-state index contributed by atoms with van der Waals surface area (Å²) in [7, 11) is 0. The van der Waals surface area contributed by atoms with Crippen LogP contribution in [0, 0.1) is 0 Å². The summed E-state index contributed by atoms with van der Waals surface area (Å²) in [5, 5.41) is 1.87. The molecule has 0 radical (unpaired) electrons. The van der Waals surface area contributed by atoms with Gasteiger partial charge in [0.1, 0.15) is 11.4 Å². The number of carbonyl (C=O) groups excluding carboxylic acids is 1. The minimum Gasteiger partial charge on any atom is -0.442 e. The summed E-state index contributed by atoms with van der Waals surface area (Å²) in [5.41, 5.74) is 5.07. The van der Waals surface area contributed by atoms with Crippen LogP contribution in [0.1, 0.15) is 25.6 Å². The van der Waals surface area contributed by atoms with Gasteiger partial charge in [-0.3, -0.25) is 0 Å². The van der Waals surface area contributed by atoms with Crippen LogP contribution in [0.3, 0.4) is 0 Å². The molecule has 0 unspecified atom stereocenters. The Hall–Kier alpha value is -1.36. The highest BCUT2D eigenvalue weighted by atomic mass is 32.1. The van der Waals surface area contributed by atoms with Crippen LogP contribution in [0.25, 0.3) is 0 Å². The Balaban J connectivity index is 2.68. The molecule has 5 heteroatoms. The van der Waals surface area contributed by atoms with Gasteiger partial charge in [-0.1, -0.05) is 6.07 Å². The first-order valence-corrected chi connectivity index (χ1v) is 5.37. The summed E-state index contributed by atoms with van der Waals surface area (Å²) in [6, 6.07) is 3.64. The Morgan fingerprint density at radius 3 is 2.67 bits per heavy atom. The minimum atomic E-state index is -0.659. The molecule has 0 aliphatic rings. The number of hydrogen-bond acceptors (Lipinski definition) is 3. The zero-order valence-electron chi connectivity index (χ0n) is 8.98. The highest BCUT2D eigenvalue weighted by Crippen LogP contribution is 2.10. The molecule has 2 N–H and O–H groups in total. The third-order valence-electron chi connectivity index (χ3n) is 1.38. The molecule has 0 bridgehead atoms. The number of aliphatic imine (C=N–C) groups is 1. The van der Waals surface area contributed by atoms with Crippen molar-refractivity contribution in [3.05, 3.63) is 22.4 Å². The molecule has 0 atom stereocenters. The Kier molecular flexibility index (Phi) is 3.47. The number of hydrogen-bond donors (Lipinski definition) is 1. The molecule has 0 saturated carbocycles. The molecule has 0 aromatic carbocycles. The van der Waals surface area contributed by atoms with Crippen LogP contribution in [0.5, 0.6) is 0 Å². The molecule has 0 aliphatic heterocycles. The first kappa shape index (κ1) is 11.7. The second-order valence-electron chi connectivity index (χ2n) is 3.95. The van der Waals surface area contributed by atoms with Crippen molar-refractivity contribution in [3.63, 3.8) is 0 Å². The number of ether oxygens (including phenoxy) is 1. The first-order valence-electron chi connectivity index (χ1n) is 4.49. The summed E-state index contributed by atoms with van der Waals surface area (Å²) in [4.78, 5) is 15.7. The van der Waals surface area contributed by atoms with E-state index in [4.69, 9.17) is 10.5 Å². The summed E-state index contributed by atoms with van der Waals surface area (Å²) in [5.74, 6) is 0.194. The summed E-state index contributed by atoms with van der Waals surface area (Å²) in [6.07, 6.45) is -0.659. The number of carbonyl (C=O) groups is 1. The van der Waals surface area contributed by atoms with E-state index in [2.05, 4.69) is 4.99 Å². The van der Waals surface area contributed by atoms with Crippen LogP contribution < -0.4 is 5.73 Å². The quantitative estimate of drug-likeness (QED) is 0.590. The van der Waals surface area contributed by atoms with Crippen molar-refractivity contribution in [3.8, 4) is 0 Å². The van der Waals surface area contributed by atoms with Gasteiger partial charge in [0.25, 0.3) is 0 Å². The molecular formula is C10H14N2O2S. The van der Waals surface area contributed by atoms with Crippen molar-refractivity contribution in [1.29, 1.82) is 0 Å². The van der Waals surface area contributed by atoms with Crippen LogP contribution in [0.2, 0.25) is 0 Å². The normalized spacial score (nSPS) is 12.6. The van der Waals surface area contributed by atoms with E-state index in [0.29, 0.717) is 0 Å². The predicted octanol–water partition coefficient (Wildman–Crippen LogP) is 2.39. The standard InChI is InChI=1S/C10H14N2O2S/c1-10(2,3)14-9(13)12-8(11)7-5-4-6-15-7/h4-6H,1-3H3,(H2,11,12,13). The predicted molar refractivity (Wildman–Crippen MR) is 61.3 cm³/mol. The van der Waals surface area contributed by atoms with Crippen LogP contribution in [0.15, 0.2) is 22.5 Å². The molecule has 82 valence electrons. The highest BCUT2D eigenvalue weighted by molar-refractivity contribution is 7.12. The van der Waals surface area contributed by atoms with Crippen LogP contribution in [-0.2, 0) is 4.74 Å². The van der Waals surface area contributed by atoms with Gasteiger partial charge in [0, 0.05) is 0 Å². The Labute approximate surface area is 92.8 Å². The average molecular weight is 226 g/mol. The third kappa shape index (κ3) is 4.12. The Bertz CT molecular complexity index is 363. The summed E-state index contributed by atoms with van der Waals surface area (Å²) >= 11 is 1.43. The van der Waals surface area contributed by atoms with Gasteiger partial charge in [0.2, 0.25) is 0 Å². The molecule has 1 heterocycles. The SMILES string of the molecule is CC(C)(C)OC(=O)N=C(N)c1cccs1. The van der Waals surface area contributed by atoms with Gasteiger partial charge < -0.3 is 10.5 Å². The summed E-state index contributed by atoms with van der Waals surface area (Å²) in [6.45, 7) is 5.34. The summed E-state index contributed by atoms with van der Waals surface area (Å²) < 4.78 is 5.00. The molecule has 0 fully saturated rings. The lowest BCUT2D eigenvalue weighted by molar-refractivity contribution is 0.0604. The lowest BCUT2D eigenvalue weighted by atomic mass is 10.2. The number of nitrogens with two attached hydrogens (primary N) is 1. The highest BCUT2D eigenvalue weighted by Gasteiger charge is 2.16. The molecular weight excluding hydrogens is 212 g/mol. The first-order chi connectivity index (χ1) is 6.88. The van der Waals surface area contributed by atoms with Gasteiger partial charge in [-0.15, -0.1) is 11.3 Å². The zero-order chi connectivity index (χ0) is 11.5. The zero-order valence-corrected chi connectivity index (χ0v) is 9.80. The van der Waals surface area contributed by atoms with E-state index in [1.807, 2.05) is 11.4 Å². The van der Waals surface area contributed by atoms with Crippen molar-refractivity contribution in [2.45, 2.75) is 26.4 Å². The largest absolute Gasteiger partial charge is 0.442 e. The van der Waals surface area contributed by atoms with Crippen molar-refractivity contribution >= 4 is 23.3 Å². The van der Waals surface area contributed by atoms with Crippen molar-refractivity contribution in [2.75, 3.05) is 0 Å².